The normalized spacial score (nSPS) is 18.3. The van der Waals surface area contributed by atoms with Gasteiger partial charge in [-0.05, 0) is 19.8 Å². The van der Waals surface area contributed by atoms with Gasteiger partial charge in [0, 0.05) is 5.92 Å². The van der Waals surface area contributed by atoms with E-state index < -0.39 is 0 Å². The molecule has 0 aromatic heterocycles. The Bertz CT molecular complexity index is 219. The first-order valence-corrected chi connectivity index (χ1v) is 5.07. The Hall–Kier alpha value is -1.06. The molecule has 1 aliphatic rings. The summed E-state index contributed by atoms with van der Waals surface area (Å²) in [7, 11) is 1.45. The van der Waals surface area contributed by atoms with Gasteiger partial charge in [-0.25, -0.2) is 4.79 Å². The molecule has 0 bridgehead atoms. The van der Waals surface area contributed by atoms with Gasteiger partial charge in [-0.3, -0.25) is 0 Å². The van der Waals surface area contributed by atoms with Crippen LogP contribution < -0.4 is 0 Å². The molecular formula is C10H17NO3. The quantitative estimate of drug-likeness (QED) is 0.393. The predicted octanol–water partition coefficient (Wildman–Crippen LogP) is 1.74. The van der Waals surface area contributed by atoms with Crippen LogP contribution in [-0.2, 0) is 14.4 Å². The lowest BCUT2D eigenvalue weighted by molar-refractivity contribution is -0.135. The van der Waals surface area contributed by atoms with Crippen molar-refractivity contribution in [1.29, 1.82) is 0 Å². The summed E-state index contributed by atoms with van der Waals surface area (Å²) < 4.78 is 4.92. The molecule has 0 unspecified atom stereocenters. The molecule has 1 fully saturated rings. The van der Waals surface area contributed by atoms with Gasteiger partial charge in [0.1, 0.15) is 7.11 Å². The van der Waals surface area contributed by atoms with Gasteiger partial charge < -0.3 is 9.57 Å². The van der Waals surface area contributed by atoms with E-state index in [9.17, 15) is 4.79 Å². The highest BCUT2D eigenvalue weighted by Crippen LogP contribution is 2.26. The molecule has 1 rings (SSSR count). The second-order valence-electron chi connectivity index (χ2n) is 3.36. The number of carbonyl (C=O) groups is 1. The van der Waals surface area contributed by atoms with Crippen LogP contribution in [0.1, 0.15) is 32.6 Å². The maximum absolute atomic E-state index is 11.5. The third-order valence-electron chi connectivity index (χ3n) is 2.42. The first kappa shape index (κ1) is 11.0. The Morgan fingerprint density at radius 3 is 2.57 bits per heavy atom. The first-order chi connectivity index (χ1) is 6.79. The van der Waals surface area contributed by atoms with E-state index >= 15 is 0 Å². The molecule has 0 atom stereocenters. The van der Waals surface area contributed by atoms with Gasteiger partial charge in [0.15, 0.2) is 5.71 Å². The van der Waals surface area contributed by atoms with Crippen LogP contribution in [0.4, 0.5) is 0 Å². The van der Waals surface area contributed by atoms with Gasteiger partial charge in [0.25, 0.3) is 0 Å². The Morgan fingerprint density at radius 1 is 1.43 bits per heavy atom. The van der Waals surface area contributed by atoms with Crippen molar-refractivity contribution in [3.63, 3.8) is 0 Å². The van der Waals surface area contributed by atoms with E-state index in [0.717, 1.165) is 25.7 Å². The molecule has 0 amide bonds. The highest BCUT2D eigenvalue weighted by molar-refractivity contribution is 6.37. The second kappa shape index (κ2) is 5.62. The zero-order valence-corrected chi connectivity index (χ0v) is 8.78. The molecule has 14 heavy (non-hydrogen) atoms. The number of esters is 1. The minimum Gasteiger partial charge on any atom is -0.461 e. The molecule has 1 aliphatic carbocycles. The topological polar surface area (TPSA) is 47.9 Å². The Balaban J connectivity index is 2.63. The lowest BCUT2D eigenvalue weighted by Crippen LogP contribution is -2.24. The van der Waals surface area contributed by atoms with Crippen molar-refractivity contribution in [3.05, 3.63) is 0 Å². The van der Waals surface area contributed by atoms with E-state index in [1.165, 1.54) is 7.11 Å². The molecule has 0 aromatic rings. The zero-order chi connectivity index (χ0) is 10.4. The fourth-order valence-corrected chi connectivity index (χ4v) is 1.78. The lowest BCUT2D eigenvalue weighted by Gasteiger charge is -2.10. The van der Waals surface area contributed by atoms with Gasteiger partial charge in [-0.1, -0.05) is 18.0 Å². The summed E-state index contributed by atoms with van der Waals surface area (Å²) in [5.41, 5.74) is 0.451. The summed E-state index contributed by atoms with van der Waals surface area (Å²) in [6.07, 6.45) is 4.35. The van der Waals surface area contributed by atoms with Crippen LogP contribution in [0, 0.1) is 5.92 Å². The number of rotatable bonds is 4. The fourth-order valence-electron chi connectivity index (χ4n) is 1.78. The molecule has 0 saturated heterocycles. The highest BCUT2D eigenvalue weighted by atomic mass is 16.6. The third kappa shape index (κ3) is 2.72. The maximum Gasteiger partial charge on any atom is 0.356 e. The number of carbonyl (C=O) groups excluding carboxylic acids is 1. The minimum absolute atomic E-state index is 0.231. The van der Waals surface area contributed by atoms with Gasteiger partial charge in [-0.2, -0.15) is 0 Å². The van der Waals surface area contributed by atoms with Crippen molar-refractivity contribution >= 4 is 11.7 Å². The van der Waals surface area contributed by atoms with Crippen molar-refractivity contribution in [2.75, 3.05) is 13.7 Å². The van der Waals surface area contributed by atoms with E-state index in [1.54, 1.807) is 6.92 Å². The Labute approximate surface area is 84.3 Å². The molecule has 0 aromatic carbocycles. The molecule has 0 heterocycles. The zero-order valence-electron chi connectivity index (χ0n) is 8.78. The van der Waals surface area contributed by atoms with Gasteiger partial charge >= 0.3 is 5.97 Å². The average molecular weight is 199 g/mol. The fraction of sp³-hybridized carbons (Fsp3) is 0.800. The molecular weight excluding hydrogens is 182 g/mol. The predicted molar refractivity (Wildman–Crippen MR) is 53.0 cm³/mol. The summed E-state index contributed by atoms with van der Waals surface area (Å²) in [6.45, 7) is 2.17. The van der Waals surface area contributed by atoms with Crippen LogP contribution in [0.15, 0.2) is 5.16 Å². The van der Waals surface area contributed by atoms with Crippen LogP contribution in [0.3, 0.4) is 0 Å². The van der Waals surface area contributed by atoms with Gasteiger partial charge in [0.2, 0.25) is 0 Å². The van der Waals surface area contributed by atoms with E-state index in [-0.39, 0.29) is 11.9 Å². The second-order valence-corrected chi connectivity index (χ2v) is 3.36. The summed E-state index contributed by atoms with van der Waals surface area (Å²) in [6, 6.07) is 0. The summed E-state index contributed by atoms with van der Waals surface area (Å²) in [5, 5.41) is 3.77. The van der Waals surface area contributed by atoms with Crippen molar-refractivity contribution < 1.29 is 14.4 Å². The van der Waals surface area contributed by atoms with Crippen LogP contribution in [0.2, 0.25) is 0 Å². The summed E-state index contributed by atoms with van der Waals surface area (Å²) >= 11 is 0. The molecule has 80 valence electrons. The first-order valence-electron chi connectivity index (χ1n) is 5.07. The van der Waals surface area contributed by atoms with E-state index in [4.69, 9.17) is 4.74 Å². The maximum atomic E-state index is 11.5. The van der Waals surface area contributed by atoms with Gasteiger partial charge in [0.05, 0.1) is 6.61 Å². The number of nitrogens with zero attached hydrogens (tertiary/aromatic N) is 1. The summed E-state index contributed by atoms with van der Waals surface area (Å²) in [5.74, 6) is -0.102. The van der Waals surface area contributed by atoms with Crippen molar-refractivity contribution in [1.82, 2.24) is 0 Å². The van der Waals surface area contributed by atoms with Crippen LogP contribution in [0.25, 0.3) is 0 Å². The largest absolute Gasteiger partial charge is 0.461 e. The van der Waals surface area contributed by atoms with Crippen molar-refractivity contribution in [3.8, 4) is 0 Å². The van der Waals surface area contributed by atoms with Crippen molar-refractivity contribution in [2.45, 2.75) is 32.6 Å². The Morgan fingerprint density at radius 2 is 2.07 bits per heavy atom. The smallest absolute Gasteiger partial charge is 0.356 e. The van der Waals surface area contributed by atoms with Gasteiger partial charge in [-0.15, -0.1) is 0 Å². The average Bonchev–Trinajstić information content (AvgIpc) is 2.67. The van der Waals surface area contributed by atoms with Crippen LogP contribution in [-0.4, -0.2) is 25.4 Å². The number of oxime groups is 1. The Kier molecular flexibility index (Phi) is 4.43. The van der Waals surface area contributed by atoms with Crippen molar-refractivity contribution in [2.24, 2.45) is 11.1 Å². The molecule has 0 radical (unpaired) electrons. The monoisotopic (exact) mass is 199 g/mol. The number of ether oxygens (including phenoxy) is 1. The lowest BCUT2D eigenvalue weighted by atomic mass is 10.0. The van der Waals surface area contributed by atoms with E-state index in [0.29, 0.717) is 12.3 Å². The molecule has 0 aliphatic heterocycles. The number of hydrogen-bond acceptors (Lipinski definition) is 4. The molecule has 4 heteroatoms. The van der Waals surface area contributed by atoms with Crippen LogP contribution in [0.5, 0.6) is 0 Å². The highest BCUT2D eigenvalue weighted by Gasteiger charge is 2.27. The third-order valence-corrected chi connectivity index (χ3v) is 2.42. The summed E-state index contributed by atoms with van der Waals surface area (Å²) in [4.78, 5) is 16.2. The molecule has 0 N–H and O–H groups in total. The molecule has 0 spiro atoms. The molecule has 4 nitrogen and oxygen atoms in total. The SMILES string of the molecule is CCOC(=O)/C(=N\OC)C1CCCC1. The minimum atomic E-state index is -0.332. The van der Waals surface area contributed by atoms with E-state index in [2.05, 4.69) is 9.99 Å². The standard InChI is InChI=1S/C10H17NO3/c1-3-14-10(12)9(11-13-2)8-6-4-5-7-8/h8H,3-7H2,1-2H3/b11-9-. The number of hydrogen-bond donors (Lipinski definition) is 0. The van der Waals surface area contributed by atoms with Crippen LogP contribution >= 0.6 is 0 Å². The molecule has 1 saturated carbocycles. The van der Waals surface area contributed by atoms with E-state index in [1.807, 2.05) is 0 Å².